The highest BCUT2D eigenvalue weighted by Crippen LogP contribution is 2.28. The van der Waals surface area contributed by atoms with Gasteiger partial charge in [-0.2, -0.15) is 0 Å². The fourth-order valence-corrected chi connectivity index (χ4v) is 4.97. The van der Waals surface area contributed by atoms with Crippen molar-refractivity contribution in [1.82, 2.24) is 4.98 Å². The Kier molecular flexibility index (Phi) is 5.81. The van der Waals surface area contributed by atoms with Crippen LogP contribution in [0.3, 0.4) is 0 Å². The number of hydrogen-bond acceptors (Lipinski definition) is 8. The normalized spacial score (nSPS) is 11.4. The molecule has 8 nitrogen and oxygen atoms in total. The van der Waals surface area contributed by atoms with E-state index in [2.05, 4.69) is 10.3 Å². The lowest BCUT2D eigenvalue weighted by Crippen LogP contribution is -2.10. The second kappa shape index (κ2) is 8.56. The number of sulfone groups is 1. The summed E-state index contributed by atoms with van der Waals surface area (Å²) in [6.07, 6.45) is 0. The van der Waals surface area contributed by atoms with Gasteiger partial charge in [0.1, 0.15) is 0 Å². The van der Waals surface area contributed by atoms with E-state index < -0.39 is 21.7 Å². The quantitative estimate of drug-likeness (QED) is 0.414. The first-order valence-electron chi connectivity index (χ1n) is 9.58. The van der Waals surface area contributed by atoms with Crippen LogP contribution in [0.4, 0.5) is 5.13 Å². The van der Waals surface area contributed by atoms with E-state index in [0.717, 1.165) is 5.56 Å². The lowest BCUT2D eigenvalue weighted by molar-refractivity contribution is 0.0526. The third kappa shape index (κ3) is 4.27. The van der Waals surface area contributed by atoms with Crippen molar-refractivity contribution in [1.29, 1.82) is 0 Å². The van der Waals surface area contributed by atoms with Gasteiger partial charge in [-0.05, 0) is 56.3 Å². The number of rotatable bonds is 6. The van der Waals surface area contributed by atoms with Crippen molar-refractivity contribution in [3.05, 3.63) is 71.5 Å². The smallest absolute Gasteiger partial charge is 0.338 e. The summed E-state index contributed by atoms with van der Waals surface area (Å²) in [5, 5.41) is 2.56. The van der Waals surface area contributed by atoms with Crippen LogP contribution in [-0.4, -0.2) is 31.9 Å². The molecule has 0 aliphatic heterocycles. The van der Waals surface area contributed by atoms with Gasteiger partial charge in [0.25, 0.3) is 5.91 Å². The number of aromatic nitrogens is 1. The first kappa shape index (κ1) is 21.7. The van der Waals surface area contributed by atoms with Gasteiger partial charge in [-0.3, -0.25) is 10.1 Å². The molecule has 2 aromatic heterocycles. The second-order valence-electron chi connectivity index (χ2n) is 6.81. The minimum absolute atomic E-state index is 0.0768. The molecule has 1 N–H and O–H groups in total. The molecule has 2 heterocycles. The number of carbonyl (C=O) groups excluding carboxylic acids is 2. The largest absolute Gasteiger partial charge is 0.462 e. The molecule has 0 radical (unpaired) electrons. The van der Waals surface area contributed by atoms with E-state index >= 15 is 0 Å². The molecule has 2 aromatic carbocycles. The van der Waals surface area contributed by atoms with Crippen molar-refractivity contribution in [2.45, 2.75) is 23.8 Å². The molecule has 32 heavy (non-hydrogen) atoms. The van der Waals surface area contributed by atoms with Crippen LogP contribution in [0.2, 0.25) is 0 Å². The summed E-state index contributed by atoms with van der Waals surface area (Å²) >= 11 is 1.17. The summed E-state index contributed by atoms with van der Waals surface area (Å²) in [5.41, 5.74) is 1.91. The Hall–Kier alpha value is -3.50. The summed E-state index contributed by atoms with van der Waals surface area (Å²) in [6, 6.07) is 13.8. The van der Waals surface area contributed by atoms with E-state index in [4.69, 9.17) is 9.15 Å². The maximum Gasteiger partial charge on any atom is 0.338 e. The Balaban J connectivity index is 1.53. The number of anilines is 1. The Bertz CT molecular complexity index is 1420. The third-order valence-electron chi connectivity index (χ3n) is 4.52. The Morgan fingerprint density at radius 1 is 1.09 bits per heavy atom. The molecular weight excluding hydrogens is 452 g/mol. The average molecular weight is 471 g/mol. The molecular formula is C22H18N2O6S2. The van der Waals surface area contributed by atoms with E-state index in [9.17, 15) is 18.0 Å². The SMILES string of the molecule is CCOC(=O)c1ccc2nc(NC(=O)c3ccc(S(=O)(=O)c4ccc(C)cc4)o3)sc2c1. The van der Waals surface area contributed by atoms with Crippen LogP contribution in [-0.2, 0) is 14.6 Å². The molecule has 0 saturated carbocycles. The van der Waals surface area contributed by atoms with E-state index in [1.807, 2.05) is 6.92 Å². The molecule has 1 amide bonds. The number of aryl methyl sites for hydroxylation is 1. The minimum Gasteiger partial charge on any atom is -0.462 e. The van der Waals surface area contributed by atoms with E-state index in [-0.39, 0.29) is 27.5 Å². The molecule has 4 aromatic rings. The lowest BCUT2D eigenvalue weighted by Gasteiger charge is -2.02. The van der Waals surface area contributed by atoms with Gasteiger partial charge >= 0.3 is 5.97 Å². The lowest BCUT2D eigenvalue weighted by atomic mass is 10.2. The molecule has 4 rings (SSSR count). The number of nitrogens with one attached hydrogen (secondary N) is 1. The molecule has 0 aliphatic rings. The van der Waals surface area contributed by atoms with Crippen LogP contribution in [0.1, 0.15) is 33.4 Å². The highest BCUT2D eigenvalue weighted by atomic mass is 32.2. The van der Waals surface area contributed by atoms with Crippen LogP contribution in [0.15, 0.2) is 69.0 Å². The van der Waals surface area contributed by atoms with Crippen LogP contribution in [0.5, 0.6) is 0 Å². The standard InChI is InChI=1S/C22H18N2O6S2/c1-3-29-21(26)14-6-9-16-18(12-14)31-22(23-16)24-20(25)17-10-11-19(30-17)32(27,28)15-7-4-13(2)5-8-15/h4-12H,3H2,1-2H3,(H,23,24,25). The molecule has 0 fully saturated rings. The van der Waals surface area contributed by atoms with Crippen molar-refractivity contribution in [3.8, 4) is 0 Å². The van der Waals surface area contributed by atoms with Crippen molar-refractivity contribution in [2.24, 2.45) is 0 Å². The molecule has 0 aliphatic carbocycles. The Morgan fingerprint density at radius 3 is 2.56 bits per heavy atom. The topological polar surface area (TPSA) is 116 Å². The second-order valence-corrected chi connectivity index (χ2v) is 9.72. The zero-order chi connectivity index (χ0) is 22.9. The van der Waals surface area contributed by atoms with Gasteiger partial charge in [-0.25, -0.2) is 18.2 Å². The number of esters is 1. The van der Waals surface area contributed by atoms with Gasteiger partial charge in [-0.15, -0.1) is 0 Å². The maximum atomic E-state index is 12.7. The van der Waals surface area contributed by atoms with Crippen molar-refractivity contribution >= 4 is 48.4 Å². The highest BCUT2D eigenvalue weighted by Gasteiger charge is 2.24. The van der Waals surface area contributed by atoms with Gasteiger partial charge in [0.2, 0.25) is 14.9 Å². The summed E-state index contributed by atoms with van der Waals surface area (Å²) in [7, 11) is -3.88. The van der Waals surface area contributed by atoms with Gasteiger partial charge < -0.3 is 9.15 Å². The Labute approximate surface area is 187 Å². The van der Waals surface area contributed by atoms with Gasteiger partial charge in [0.15, 0.2) is 10.9 Å². The summed E-state index contributed by atoms with van der Waals surface area (Å²) in [4.78, 5) is 28.8. The predicted octanol–water partition coefficient (Wildman–Crippen LogP) is 4.46. The number of benzene rings is 2. The number of nitrogens with zero attached hydrogens (tertiary/aromatic N) is 1. The first-order chi connectivity index (χ1) is 15.3. The van der Waals surface area contributed by atoms with E-state index in [1.54, 1.807) is 37.3 Å². The number of fused-ring (bicyclic) bond motifs is 1. The third-order valence-corrected chi connectivity index (χ3v) is 7.10. The zero-order valence-electron chi connectivity index (χ0n) is 17.1. The zero-order valence-corrected chi connectivity index (χ0v) is 18.7. The minimum atomic E-state index is -3.88. The monoisotopic (exact) mass is 470 g/mol. The summed E-state index contributed by atoms with van der Waals surface area (Å²) in [6.45, 7) is 3.85. The van der Waals surface area contributed by atoms with Crippen LogP contribution in [0.25, 0.3) is 10.2 Å². The van der Waals surface area contributed by atoms with E-state index in [1.165, 1.54) is 35.6 Å². The first-order valence-corrected chi connectivity index (χ1v) is 11.9. The van der Waals surface area contributed by atoms with Gasteiger partial charge in [0, 0.05) is 0 Å². The molecule has 0 saturated heterocycles. The van der Waals surface area contributed by atoms with Gasteiger partial charge in [0.05, 0.1) is 27.3 Å². The number of ether oxygens (including phenoxy) is 1. The Morgan fingerprint density at radius 2 is 1.84 bits per heavy atom. The number of thiazole rings is 1. The number of furan rings is 1. The van der Waals surface area contributed by atoms with Gasteiger partial charge in [-0.1, -0.05) is 29.0 Å². The maximum absolute atomic E-state index is 12.7. The molecule has 0 spiro atoms. The number of hydrogen-bond donors (Lipinski definition) is 1. The predicted molar refractivity (Wildman–Crippen MR) is 119 cm³/mol. The molecule has 164 valence electrons. The fourth-order valence-electron chi connectivity index (χ4n) is 2.90. The van der Waals surface area contributed by atoms with Crippen LogP contribution >= 0.6 is 11.3 Å². The van der Waals surface area contributed by atoms with Crippen LogP contribution in [0, 0.1) is 6.92 Å². The fraction of sp³-hybridized carbons (Fsp3) is 0.136. The highest BCUT2D eigenvalue weighted by molar-refractivity contribution is 7.91. The van der Waals surface area contributed by atoms with Crippen LogP contribution < -0.4 is 5.32 Å². The van der Waals surface area contributed by atoms with Crippen molar-refractivity contribution < 1.29 is 27.2 Å². The van der Waals surface area contributed by atoms with Crippen molar-refractivity contribution in [3.63, 3.8) is 0 Å². The molecule has 0 atom stereocenters. The van der Waals surface area contributed by atoms with E-state index in [0.29, 0.717) is 15.8 Å². The average Bonchev–Trinajstić information content (AvgIpc) is 3.41. The number of carbonyl (C=O) groups is 2. The summed E-state index contributed by atoms with van der Waals surface area (Å²) < 4.78 is 36.4. The molecule has 0 bridgehead atoms. The molecule has 10 heteroatoms. The molecule has 0 unspecified atom stereocenters. The summed E-state index contributed by atoms with van der Waals surface area (Å²) in [5.74, 6) is -1.24. The number of amides is 1. The van der Waals surface area contributed by atoms with Crippen molar-refractivity contribution in [2.75, 3.05) is 11.9 Å².